The van der Waals surface area contributed by atoms with E-state index in [9.17, 15) is 4.79 Å². The van der Waals surface area contributed by atoms with E-state index in [0.717, 1.165) is 0 Å². The molecule has 0 unspecified atom stereocenters. The third-order valence-corrected chi connectivity index (χ3v) is 2.83. The number of carbonyl (C=O) groups excluding carboxylic acids is 1. The number of hydrogen-bond acceptors (Lipinski definition) is 3. The normalized spacial score (nSPS) is 9.74. The molecule has 3 nitrogen and oxygen atoms in total. The lowest BCUT2D eigenvalue weighted by Gasteiger charge is -2.07. The van der Waals surface area contributed by atoms with Crippen LogP contribution in [0.3, 0.4) is 0 Å². The van der Waals surface area contributed by atoms with E-state index < -0.39 is 0 Å². The van der Waals surface area contributed by atoms with Crippen molar-refractivity contribution in [3.8, 4) is 17.6 Å². The summed E-state index contributed by atoms with van der Waals surface area (Å²) in [6.45, 7) is 1.46. The Kier molecular flexibility index (Phi) is 3.84. The van der Waals surface area contributed by atoms with E-state index in [4.69, 9.17) is 21.6 Å². The molecule has 0 aliphatic heterocycles. The molecule has 0 amide bonds. The van der Waals surface area contributed by atoms with Crippen LogP contribution >= 0.6 is 11.6 Å². The van der Waals surface area contributed by atoms with Gasteiger partial charge in [0.2, 0.25) is 0 Å². The van der Waals surface area contributed by atoms with Crippen LogP contribution < -0.4 is 4.74 Å². The average molecular weight is 272 g/mol. The Labute approximate surface area is 116 Å². The summed E-state index contributed by atoms with van der Waals surface area (Å²) in [5.41, 5.74) is 0.976. The molecule has 0 fully saturated rings. The molecule has 0 heterocycles. The summed E-state index contributed by atoms with van der Waals surface area (Å²) in [5.74, 6) is 0.971. The summed E-state index contributed by atoms with van der Waals surface area (Å²) in [6.07, 6.45) is 0. The molecular weight excluding hydrogens is 262 g/mol. The van der Waals surface area contributed by atoms with Gasteiger partial charge < -0.3 is 4.74 Å². The molecular formula is C15H10ClNO2. The number of ketones is 1. The first-order chi connectivity index (χ1) is 9.10. The summed E-state index contributed by atoms with van der Waals surface area (Å²) in [4.78, 5) is 11.3. The Hall–Kier alpha value is -2.31. The minimum atomic E-state index is -0.0944. The van der Waals surface area contributed by atoms with Gasteiger partial charge in [-0.1, -0.05) is 17.7 Å². The minimum absolute atomic E-state index is 0.0944. The van der Waals surface area contributed by atoms with Crippen molar-refractivity contribution in [2.75, 3.05) is 0 Å². The highest BCUT2D eigenvalue weighted by Gasteiger charge is 2.07. The number of benzene rings is 2. The fourth-order valence-electron chi connectivity index (χ4n) is 1.61. The number of carbonyl (C=O) groups is 1. The second kappa shape index (κ2) is 5.55. The zero-order chi connectivity index (χ0) is 13.8. The number of rotatable bonds is 3. The van der Waals surface area contributed by atoms with E-state index in [1.54, 1.807) is 42.5 Å². The first kappa shape index (κ1) is 13.1. The van der Waals surface area contributed by atoms with Crippen molar-refractivity contribution in [3.63, 3.8) is 0 Å². The Morgan fingerprint density at radius 1 is 1.21 bits per heavy atom. The van der Waals surface area contributed by atoms with E-state index in [-0.39, 0.29) is 5.78 Å². The van der Waals surface area contributed by atoms with E-state index >= 15 is 0 Å². The lowest BCUT2D eigenvalue weighted by Crippen LogP contribution is -1.93. The Morgan fingerprint density at radius 3 is 2.58 bits per heavy atom. The topological polar surface area (TPSA) is 50.1 Å². The summed E-state index contributed by atoms with van der Waals surface area (Å²) in [7, 11) is 0. The third-order valence-electron chi connectivity index (χ3n) is 2.52. The molecule has 0 aliphatic rings. The van der Waals surface area contributed by atoms with E-state index in [0.29, 0.717) is 27.6 Å². The van der Waals surface area contributed by atoms with Crippen LogP contribution in [0.4, 0.5) is 0 Å². The smallest absolute Gasteiger partial charge is 0.161 e. The van der Waals surface area contributed by atoms with Crippen molar-refractivity contribution in [1.82, 2.24) is 0 Å². The van der Waals surface area contributed by atoms with Crippen molar-refractivity contribution in [3.05, 3.63) is 58.6 Å². The predicted molar refractivity (Wildman–Crippen MR) is 72.7 cm³/mol. The first-order valence-corrected chi connectivity index (χ1v) is 5.96. The molecule has 0 spiro atoms. The molecule has 2 aromatic carbocycles. The van der Waals surface area contributed by atoms with Crippen molar-refractivity contribution < 1.29 is 9.53 Å². The molecule has 19 heavy (non-hydrogen) atoms. The van der Waals surface area contributed by atoms with Crippen molar-refractivity contribution in [2.24, 2.45) is 0 Å². The molecule has 94 valence electrons. The van der Waals surface area contributed by atoms with Gasteiger partial charge in [-0.15, -0.1) is 0 Å². The monoisotopic (exact) mass is 271 g/mol. The van der Waals surface area contributed by atoms with Crippen LogP contribution in [0, 0.1) is 11.3 Å². The highest BCUT2D eigenvalue weighted by molar-refractivity contribution is 6.34. The van der Waals surface area contributed by atoms with Crippen LogP contribution in [0.25, 0.3) is 0 Å². The summed E-state index contributed by atoms with van der Waals surface area (Å²) < 4.78 is 5.59. The van der Waals surface area contributed by atoms with Crippen molar-refractivity contribution in [2.45, 2.75) is 6.92 Å². The maximum absolute atomic E-state index is 11.3. The van der Waals surface area contributed by atoms with E-state index in [1.807, 2.05) is 6.07 Å². The molecule has 0 bridgehead atoms. The van der Waals surface area contributed by atoms with Gasteiger partial charge in [-0.25, -0.2) is 0 Å². The van der Waals surface area contributed by atoms with Crippen LogP contribution in [-0.4, -0.2) is 5.78 Å². The zero-order valence-corrected chi connectivity index (χ0v) is 10.9. The molecule has 2 aromatic rings. The van der Waals surface area contributed by atoms with Gasteiger partial charge >= 0.3 is 0 Å². The van der Waals surface area contributed by atoms with Gasteiger partial charge in [-0.2, -0.15) is 5.26 Å². The maximum atomic E-state index is 11.3. The minimum Gasteiger partial charge on any atom is -0.457 e. The number of nitrogens with zero attached hydrogens (tertiary/aromatic N) is 1. The molecule has 2 rings (SSSR count). The van der Waals surface area contributed by atoms with Gasteiger partial charge in [-0.3, -0.25) is 4.79 Å². The number of hydrogen-bond donors (Lipinski definition) is 0. The van der Waals surface area contributed by atoms with Crippen LogP contribution in [0.1, 0.15) is 22.8 Å². The molecule has 0 atom stereocenters. The fraction of sp³-hybridized carbons (Fsp3) is 0.0667. The highest BCUT2D eigenvalue weighted by atomic mass is 35.5. The second-order valence-corrected chi connectivity index (χ2v) is 4.35. The lowest BCUT2D eigenvalue weighted by atomic mass is 10.1. The average Bonchev–Trinajstić information content (AvgIpc) is 2.38. The number of nitriles is 1. The fourth-order valence-corrected chi connectivity index (χ4v) is 1.91. The predicted octanol–water partition coefficient (Wildman–Crippen LogP) is 4.21. The number of ether oxygens (including phenoxy) is 1. The van der Waals surface area contributed by atoms with Gasteiger partial charge in [0.05, 0.1) is 16.7 Å². The van der Waals surface area contributed by atoms with Crippen LogP contribution in [0.5, 0.6) is 11.5 Å². The molecule has 4 heteroatoms. The highest BCUT2D eigenvalue weighted by Crippen LogP contribution is 2.27. The van der Waals surface area contributed by atoms with E-state index in [2.05, 4.69) is 0 Å². The largest absolute Gasteiger partial charge is 0.457 e. The number of Topliss-reactive ketones (excluding diaryl/α,β-unsaturated/α-hetero) is 1. The molecule has 0 saturated carbocycles. The SMILES string of the molecule is CC(=O)c1ccc(Oc2cccc(C#N)c2)cc1Cl. The van der Waals surface area contributed by atoms with Crippen molar-refractivity contribution >= 4 is 17.4 Å². The standard InChI is InChI=1S/C15H10ClNO2/c1-10(18)14-6-5-13(8-15(14)16)19-12-4-2-3-11(7-12)9-17/h2-8H,1H3. The first-order valence-electron chi connectivity index (χ1n) is 5.58. The summed E-state index contributed by atoms with van der Waals surface area (Å²) in [6, 6.07) is 13.7. The second-order valence-electron chi connectivity index (χ2n) is 3.94. The van der Waals surface area contributed by atoms with Crippen LogP contribution in [0.15, 0.2) is 42.5 Å². The lowest BCUT2D eigenvalue weighted by molar-refractivity contribution is 0.101. The summed E-state index contributed by atoms with van der Waals surface area (Å²) in [5, 5.41) is 9.15. The summed E-state index contributed by atoms with van der Waals surface area (Å²) >= 11 is 6.00. The van der Waals surface area contributed by atoms with Crippen molar-refractivity contribution in [1.29, 1.82) is 5.26 Å². The molecule has 0 N–H and O–H groups in total. The molecule has 0 radical (unpaired) electrons. The maximum Gasteiger partial charge on any atom is 0.161 e. The Bertz CT molecular complexity index is 674. The van der Waals surface area contributed by atoms with Gasteiger partial charge in [0.15, 0.2) is 5.78 Å². The Morgan fingerprint density at radius 2 is 1.95 bits per heavy atom. The van der Waals surface area contributed by atoms with E-state index in [1.165, 1.54) is 6.92 Å². The van der Waals surface area contributed by atoms with Crippen LogP contribution in [0.2, 0.25) is 5.02 Å². The third kappa shape index (κ3) is 3.12. The van der Waals surface area contributed by atoms with Gasteiger partial charge in [0.25, 0.3) is 0 Å². The van der Waals surface area contributed by atoms with Gasteiger partial charge in [0, 0.05) is 11.6 Å². The van der Waals surface area contributed by atoms with Crippen LogP contribution in [-0.2, 0) is 0 Å². The molecule has 0 saturated heterocycles. The van der Waals surface area contributed by atoms with Gasteiger partial charge in [-0.05, 0) is 37.3 Å². The molecule has 0 aliphatic carbocycles. The number of halogens is 1. The zero-order valence-electron chi connectivity index (χ0n) is 10.2. The quantitative estimate of drug-likeness (QED) is 0.786. The Balaban J connectivity index is 2.26. The van der Waals surface area contributed by atoms with Gasteiger partial charge in [0.1, 0.15) is 11.5 Å². The molecule has 0 aromatic heterocycles.